The smallest absolute Gasteiger partial charge is 0.193 e. The molecular weight excluding hydrogens is 246 g/mol. The summed E-state index contributed by atoms with van der Waals surface area (Å²) in [7, 11) is 0. The molecule has 0 bridgehead atoms. The van der Waals surface area contributed by atoms with Crippen molar-refractivity contribution in [1.82, 2.24) is 0 Å². The Morgan fingerprint density at radius 3 is 2.85 bits per heavy atom. The summed E-state index contributed by atoms with van der Waals surface area (Å²) in [5.74, 6) is 0.119. The van der Waals surface area contributed by atoms with Crippen LogP contribution in [0.2, 0.25) is 0 Å². The molecule has 0 aromatic heterocycles. The number of fused-ring (bicyclic) bond motifs is 1. The van der Waals surface area contributed by atoms with Crippen molar-refractivity contribution in [2.45, 2.75) is 26.2 Å². The highest BCUT2D eigenvalue weighted by molar-refractivity contribution is 6.09. The molecule has 0 radical (unpaired) electrons. The third-order valence-electron chi connectivity index (χ3n) is 3.90. The Morgan fingerprint density at radius 1 is 1.15 bits per heavy atom. The monoisotopic (exact) mass is 265 g/mol. The van der Waals surface area contributed by atoms with Crippen molar-refractivity contribution in [2.24, 2.45) is 0 Å². The van der Waals surface area contributed by atoms with E-state index >= 15 is 0 Å². The molecule has 20 heavy (non-hydrogen) atoms. The van der Waals surface area contributed by atoms with Crippen LogP contribution in [0.25, 0.3) is 0 Å². The normalized spacial score (nSPS) is 13.4. The molecule has 1 N–H and O–H groups in total. The molecule has 0 fully saturated rings. The van der Waals surface area contributed by atoms with Gasteiger partial charge in [-0.1, -0.05) is 25.1 Å². The number of carbonyl (C=O) groups is 1. The summed E-state index contributed by atoms with van der Waals surface area (Å²) in [5.41, 5.74) is 5.22. The second-order valence-corrected chi connectivity index (χ2v) is 5.29. The maximum Gasteiger partial charge on any atom is 0.193 e. The summed E-state index contributed by atoms with van der Waals surface area (Å²) in [5, 5.41) is 3.38. The minimum absolute atomic E-state index is 0.119. The zero-order chi connectivity index (χ0) is 13.9. The van der Waals surface area contributed by atoms with Gasteiger partial charge in [-0.2, -0.15) is 0 Å². The summed E-state index contributed by atoms with van der Waals surface area (Å²) < 4.78 is 0. The summed E-state index contributed by atoms with van der Waals surface area (Å²) in [6.07, 6.45) is 3.14. The quantitative estimate of drug-likeness (QED) is 0.854. The maximum absolute atomic E-state index is 12.6. The van der Waals surface area contributed by atoms with Crippen molar-refractivity contribution >= 4 is 11.5 Å². The number of aryl methyl sites for hydroxylation is 2. The van der Waals surface area contributed by atoms with Crippen LogP contribution < -0.4 is 5.32 Å². The number of benzene rings is 2. The zero-order valence-corrected chi connectivity index (χ0v) is 11.8. The number of nitrogens with one attached hydrogen (secondary N) is 1. The molecule has 2 aromatic carbocycles. The molecule has 0 unspecified atom stereocenters. The second-order valence-electron chi connectivity index (χ2n) is 5.29. The molecule has 2 aromatic rings. The van der Waals surface area contributed by atoms with Crippen LogP contribution in [0.15, 0.2) is 42.5 Å². The van der Waals surface area contributed by atoms with Crippen molar-refractivity contribution in [2.75, 3.05) is 11.9 Å². The topological polar surface area (TPSA) is 29.1 Å². The molecule has 0 spiro atoms. The van der Waals surface area contributed by atoms with Gasteiger partial charge in [0.05, 0.1) is 0 Å². The molecule has 2 nitrogen and oxygen atoms in total. The van der Waals surface area contributed by atoms with Crippen LogP contribution in [0.3, 0.4) is 0 Å². The molecule has 2 heteroatoms. The molecule has 1 heterocycles. The molecule has 3 rings (SSSR count). The number of anilines is 1. The first-order valence-corrected chi connectivity index (χ1v) is 7.28. The Hall–Kier alpha value is -2.09. The highest BCUT2D eigenvalue weighted by Crippen LogP contribution is 2.24. The van der Waals surface area contributed by atoms with E-state index in [1.807, 2.05) is 36.4 Å². The molecular formula is C18H19NO. The predicted octanol–water partition coefficient (Wildman–Crippen LogP) is 3.84. The lowest BCUT2D eigenvalue weighted by molar-refractivity contribution is 0.103. The summed E-state index contributed by atoms with van der Waals surface area (Å²) >= 11 is 0. The van der Waals surface area contributed by atoms with Crippen molar-refractivity contribution < 1.29 is 4.79 Å². The van der Waals surface area contributed by atoms with Gasteiger partial charge in [-0.3, -0.25) is 4.79 Å². The van der Waals surface area contributed by atoms with E-state index in [4.69, 9.17) is 0 Å². The van der Waals surface area contributed by atoms with E-state index in [1.165, 1.54) is 16.8 Å². The number of rotatable bonds is 3. The highest BCUT2D eigenvalue weighted by atomic mass is 16.1. The van der Waals surface area contributed by atoms with E-state index in [-0.39, 0.29) is 5.78 Å². The Bertz CT molecular complexity index is 646. The lowest BCUT2D eigenvalue weighted by Crippen LogP contribution is -2.12. The Labute approximate surface area is 119 Å². The van der Waals surface area contributed by atoms with Gasteiger partial charge in [0.1, 0.15) is 0 Å². The van der Waals surface area contributed by atoms with Gasteiger partial charge >= 0.3 is 0 Å². The summed E-state index contributed by atoms with van der Waals surface area (Å²) in [6, 6.07) is 13.9. The van der Waals surface area contributed by atoms with Gasteiger partial charge in [0.15, 0.2) is 5.78 Å². The van der Waals surface area contributed by atoms with Crippen molar-refractivity contribution in [3.05, 3.63) is 64.7 Å². The van der Waals surface area contributed by atoms with E-state index < -0.39 is 0 Å². The van der Waals surface area contributed by atoms with E-state index in [2.05, 4.69) is 18.3 Å². The van der Waals surface area contributed by atoms with Gasteiger partial charge in [0, 0.05) is 23.4 Å². The number of carbonyl (C=O) groups excluding carboxylic acids is 1. The largest absolute Gasteiger partial charge is 0.385 e. The first-order chi connectivity index (χ1) is 9.78. The lowest BCUT2D eigenvalue weighted by atomic mass is 9.96. The highest BCUT2D eigenvalue weighted by Gasteiger charge is 2.14. The molecule has 0 atom stereocenters. The van der Waals surface area contributed by atoms with Gasteiger partial charge < -0.3 is 5.32 Å². The third-order valence-corrected chi connectivity index (χ3v) is 3.90. The van der Waals surface area contributed by atoms with Gasteiger partial charge in [0.2, 0.25) is 0 Å². The number of hydrogen-bond acceptors (Lipinski definition) is 2. The molecule has 1 aliphatic heterocycles. The summed E-state index contributed by atoms with van der Waals surface area (Å²) in [6.45, 7) is 3.13. The molecule has 102 valence electrons. The van der Waals surface area contributed by atoms with E-state index in [0.717, 1.165) is 36.9 Å². The zero-order valence-electron chi connectivity index (χ0n) is 11.8. The minimum atomic E-state index is 0.119. The molecule has 0 aliphatic carbocycles. The van der Waals surface area contributed by atoms with Crippen LogP contribution in [-0.2, 0) is 12.8 Å². The molecule has 0 amide bonds. The maximum atomic E-state index is 12.6. The van der Waals surface area contributed by atoms with E-state index in [0.29, 0.717) is 0 Å². The van der Waals surface area contributed by atoms with Crippen molar-refractivity contribution in [3.63, 3.8) is 0 Å². The Morgan fingerprint density at radius 2 is 2.00 bits per heavy atom. The van der Waals surface area contributed by atoms with Crippen molar-refractivity contribution in [3.8, 4) is 0 Å². The van der Waals surface area contributed by atoms with Crippen LogP contribution >= 0.6 is 0 Å². The van der Waals surface area contributed by atoms with Crippen LogP contribution in [0.1, 0.15) is 40.4 Å². The summed E-state index contributed by atoms with van der Waals surface area (Å²) in [4.78, 5) is 12.6. The number of hydrogen-bond donors (Lipinski definition) is 1. The van der Waals surface area contributed by atoms with Crippen LogP contribution in [0.5, 0.6) is 0 Å². The van der Waals surface area contributed by atoms with Gasteiger partial charge in [0.25, 0.3) is 0 Å². The van der Waals surface area contributed by atoms with Gasteiger partial charge in [-0.05, 0) is 54.7 Å². The Kier molecular flexibility index (Phi) is 3.55. The van der Waals surface area contributed by atoms with E-state index in [1.54, 1.807) is 0 Å². The SMILES string of the molecule is CCc1cccc(C(=O)c2ccc3c(c2)CCCN3)c1. The van der Waals surface area contributed by atoms with Crippen LogP contribution in [0, 0.1) is 0 Å². The molecule has 0 saturated carbocycles. The standard InChI is InChI=1S/C18H19NO/c1-2-13-5-3-6-15(11-13)18(20)16-8-9-17-14(12-16)7-4-10-19-17/h3,5-6,8-9,11-12,19H,2,4,7,10H2,1H3. The van der Waals surface area contributed by atoms with Crippen LogP contribution in [-0.4, -0.2) is 12.3 Å². The predicted molar refractivity (Wildman–Crippen MR) is 82.5 cm³/mol. The molecule has 0 saturated heterocycles. The fourth-order valence-corrected chi connectivity index (χ4v) is 2.72. The molecule has 1 aliphatic rings. The van der Waals surface area contributed by atoms with E-state index in [9.17, 15) is 4.79 Å². The van der Waals surface area contributed by atoms with Crippen molar-refractivity contribution in [1.29, 1.82) is 0 Å². The second kappa shape index (κ2) is 5.49. The average molecular weight is 265 g/mol. The fraction of sp³-hybridized carbons (Fsp3) is 0.278. The first kappa shape index (κ1) is 12.9. The number of ketones is 1. The Balaban J connectivity index is 1.93. The lowest BCUT2D eigenvalue weighted by Gasteiger charge is -2.18. The first-order valence-electron chi connectivity index (χ1n) is 7.28. The third kappa shape index (κ3) is 2.46. The average Bonchev–Trinajstić information content (AvgIpc) is 2.53. The van der Waals surface area contributed by atoms with Crippen LogP contribution in [0.4, 0.5) is 5.69 Å². The van der Waals surface area contributed by atoms with Gasteiger partial charge in [-0.15, -0.1) is 0 Å². The fourth-order valence-electron chi connectivity index (χ4n) is 2.72. The minimum Gasteiger partial charge on any atom is -0.385 e. The van der Waals surface area contributed by atoms with Gasteiger partial charge in [-0.25, -0.2) is 0 Å².